The lowest BCUT2D eigenvalue weighted by atomic mass is 9.75. The number of hydrogen-bond donors (Lipinski definition) is 3. The van der Waals surface area contributed by atoms with Crippen LogP contribution in [-0.2, 0) is 16.0 Å². The van der Waals surface area contributed by atoms with Gasteiger partial charge in [0.2, 0.25) is 0 Å². The molecule has 0 saturated heterocycles. The Kier molecular flexibility index (Phi) is 7.87. The summed E-state index contributed by atoms with van der Waals surface area (Å²) >= 11 is 0. The molecule has 0 bridgehead atoms. The highest BCUT2D eigenvalue weighted by Gasteiger charge is 2.44. The van der Waals surface area contributed by atoms with Crippen LogP contribution in [0, 0.1) is 13.8 Å². The number of nitrogens with one attached hydrogen (secondary N) is 3. The normalized spacial score (nSPS) is 20.9. The molecule has 2 aliphatic rings. The molecule has 12 heteroatoms. The fourth-order valence-electron chi connectivity index (χ4n) is 6.37. The third-order valence-corrected chi connectivity index (χ3v) is 8.83. The zero-order chi connectivity index (χ0) is 30.1. The second kappa shape index (κ2) is 11.8. The largest absolute Gasteiger partial charge is 0.373 e. The van der Waals surface area contributed by atoms with Crippen molar-refractivity contribution in [2.75, 3.05) is 30.9 Å². The number of pyridine rings is 2. The monoisotopic (exact) mass is 584 g/mol. The molecule has 0 spiro atoms. The number of hydrogen-bond acceptors (Lipinski definition) is 9. The van der Waals surface area contributed by atoms with E-state index in [1.165, 1.54) is 11.3 Å². The zero-order valence-electron chi connectivity index (χ0n) is 25.5. The second-order valence-electron chi connectivity index (χ2n) is 11.9. The van der Waals surface area contributed by atoms with Crippen LogP contribution < -0.4 is 15.5 Å². The van der Waals surface area contributed by atoms with Crippen molar-refractivity contribution in [3.05, 3.63) is 64.9 Å². The molecule has 1 aliphatic heterocycles. The van der Waals surface area contributed by atoms with Gasteiger partial charge in [-0.25, -0.2) is 14.6 Å². The first-order valence-electron chi connectivity index (χ1n) is 15.0. The highest BCUT2D eigenvalue weighted by Crippen LogP contribution is 2.44. The molecule has 1 atom stereocenters. The van der Waals surface area contributed by atoms with Crippen molar-refractivity contribution < 1.29 is 9.53 Å². The van der Waals surface area contributed by atoms with E-state index in [-0.39, 0.29) is 17.9 Å². The maximum absolute atomic E-state index is 13.7. The van der Waals surface area contributed by atoms with Crippen molar-refractivity contribution in [3.8, 4) is 5.82 Å². The number of carbonyl (C=O) groups is 1. The number of anilines is 3. The molecule has 43 heavy (non-hydrogen) atoms. The van der Waals surface area contributed by atoms with Gasteiger partial charge in [-0.05, 0) is 82.6 Å². The molecule has 5 heterocycles. The number of nitrogens with zero attached hydrogens (tertiary/aromatic N) is 7. The Morgan fingerprint density at radius 1 is 1.19 bits per heavy atom. The Hall–Kier alpha value is -4.32. The van der Waals surface area contributed by atoms with Gasteiger partial charge in [-0.1, -0.05) is 11.3 Å². The molecule has 12 nitrogen and oxygen atoms in total. The number of aryl methyl sites for hydroxylation is 3. The molecule has 1 saturated carbocycles. The van der Waals surface area contributed by atoms with Gasteiger partial charge in [0.15, 0.2) is 11.6 Å². The van der Waals surface area contributed by atoms with Crippen LogP contribution in [0.3, 0.4) is 0 Å². The molecular formula is C31H40N10O2. The van der Waals surface area contributed by atoms with Gasteiger partial charge in [0.25, 0.3) is 5.91 Å². The van der Waals surface area contributed by atoms with E-state index in [9.17, 15) is 4.79 Å². The SMILES string of the molecule is COC1(C(=O)N[C@@H](C)c2ccc(-n3cc(C)nn3)nc2)CCC(c2nc(Nc3cc(C)[nH]n3)cc3c2N(C)CCC3)CC1. The number of rotatable bonds is 8. The Morgan fingerprint density at radius 2 is 2.00 bits per heavy atom. The number of amides is 1. The minimum atomic E-state index is -0.884. The molecule has 1 amide bonds. The van der Waals surface area contributed by atoms with Crippen LogP contribution >= 0.6 is 0 Å². The third-order valence-electron chi connectivity index (χ3n) is 8.83. The van der Waals surface area contributed by atoms with E-state index in [4.69, 9.17) is 9.72 Å². The van der Waals surface area contributed by atoms with E-state index < -0.39 is 5.60 Å². The minimum absolute atomic E-state index is 0.0895. The number of ether oxygens (including phenoxy) is 1. The highest BCUT2D eigenvalue weighted by molar-refractivity contribution is 5.85. The highest BCUT2D eigenvalue weighted by atomic mass is 16.5. The van der Waals surface area contributed by atoms with Crippen LogP contribution in [0.25, 0.3) is 5.82 Å². The van der Waals surface area contributed by atoms with Crippen LogP contribution in [0.5, 0.6) is 0 Å². The van der Waals surface area contributed by atoms with Gasteiger partial charge in [-0.3, -0.25) is 9.89 Å². The quantitative estimate of drug-likeness (QED) is 0.274. The predicted octanol–water partition coefficient (Wildman–Crippen LogP) is 4.44. The average Bonchev–Trinajstić information content (AvgIpc) is 3.64. The number of fused-ring (bicyclic) bond motifs is 1. The van der Waals surface area contributed by atoms with Gasteiger partial charge < -0.3 is 20.3 Å². The average molecular weight is 585 g/mol. The number of carbonyl (C=O) groups excluding carboxylic acids is 1. The maximum atomic E-state index is 13.7. The van der Waals surface area contributed by atoms with Gasteiger partial charge in [-0.2, -0.15) is 5.10 Å². The van der Waals surface area contributed by atoms with E-state index in [0.29, 0.717) is 18.7 Å². The molecule has 1 aliphatic carbocycles. The molecule has 3 N–H and O–H groups in total. The van der Waals surface area contributed by atoms with E-state index in [1.807, 2.05) is 45.2 Å². The first kappa shape index (κ1) is 28.8. The van der Waals surface area contributed by atoms with Crippen LogP contribution in [0.15, 0.2) is 36.7 Å². The smallest absolute Gasteiger partial charge is 0.252 e. The summed E-state index contributed by atoms with van der Waals surface area (Å²) in [6.45, 7) is 6.84. The molecule has 0 aromatic carbocycles. The van der Waals surface area contributed by atoms with Gasteiger partial charge in [0.05, 0.1) is 29.3 Å². The van der Waals surface area contributed by atoms with E-state index in [0.717, 1.165) is 66.5 Å². The summed E-state index contributed by atoms with van der Waals surface area (Å²) < 4.78 is 7.61. The summed E-state index contributed by atoms with van der Waals surface area (Å²) in [4.78, 5) is 25.7. The summed E-state index contributed by atoms with van der Waals surface area (Å²) in [6.07, 6.45) is 8.57. The lowest BCUT2D eigenvalue weighted by molar-refractivity contribution is -0.148. The Labute approximate surface area is 251 Å². The molecule has 226 valence electrons. The number of aromatic nitrogens is 7. The van der Waals surface area contributed by atoms with E-state index in [1.54, 1.807) is 18.0 Å². The predicted molar refractivity (Wildman–Crippen MR) is 164 cm³/mol. The van der Waals surface area contributed by atoms with E-state index in [2.05, 4.69) is 54.1 Å². The minimum Gasteiger partial charge on any atom is -0.373 e. The van der Waals surface area contributed by atoms with Gasteiger partial charge in [-0.15, -0.1) is 5.10 Å². The molecular weight excluding hydrogens is 544 g/mol. The molecule has 4 aromatic rings. The van der Waals surface area contributed by atoms with Crippen LogP contribution in [0.2, 0.25) is 0 Å². The third kappa shape index (κ3) is 5.83. The van der Waals surface area contributed by atoms with E-state index >= 15 is 0 Å². The van der Waals surface area contributed by atoms with Gasteiger partial charge in [0.1, 0.15) is 11.4 Å². The van der Waals surface area contributed by atoms with Crippen LogP contribution in [0.1, 0.15) is 79.2 Å². The maximum Gasteiger partial charge on any atom is 0.252 e. The van der Waals surface area contributed by atoms with Crippen molar-refractivity contribution in [1.29, 1.82) is 0 Å². The van der Waals surface area contributed by atoms with Crippen LogP contribution in [0.4, 0.5) is 17.3 Å². The Bertz CT molecular complexity index is 1590. The molecule has 1 fully saturated rings. The second-order valence-corrected chi connectivity index (χ2v) is 11.9. The number of methoxy groups -OCH3 is 1. The fraction of sp³-hybridized carbons (Fsp3) is 0.484. The lowest BCUT2D eigenvalue weighted by Gasteiger charge is -2.40. The zero-order valence-corrected chi connectivity index (χ0v) is 25.5. The van der Waals surface area contributed by atoms with Gasteiger partial charge in [0, 0.05) is 44.6 Å². The summed E-state index contributed by atoms with van der Waals surface area (Å²) in [7, 11) is 3.80. The first-order valence-corrected chi connectivity index (χ1v) is 15.0. The Morgan fingerprint density at radius 3 is 2.65 bits per heavy atom. The van der Waals surface area contributed by atoms with Crippen molar-refractivity contribution in [2.24, 2.45) is 0 Å². The number of aromatic amines is 1. The van der Waals surface area contributed by atoms with Crippen molar-refractivity contribution in [2.45, 2.75) is 76.9 Å². The van der Waals surface area contributed by atoms with Crippen molar-refractivity contribution in [3.63, 3.8) is 0 Å². The topological polar surface area (TPSA) is 139 Å². The lowest BCUT2D eigenvalue weighted by Crippen LogP contribution is -2.51. The molecule has 0 unspecified atom stereocenters. The Balaban J connectivity index is 1.16. The number of H-pyrrole nitrogens is 1. The van der Waals surface area contributed by atoms with Crippen LogP contribution in [-0.4, -0.2) is 67.4 Å². The van der Waals surface area contributed by atoms with Gasteiger partial charge >= 0.3 is 0 Å². The summed E-state index contributed by atoms with van der Waals surface area (Å²) in [5.74, 6) is 2.38. The standard InChI is InChI=1S/C31H40N10O2/c1-19-15-26(38-36-19)34-25-16-23-7-6-14-40(4)29(23)28(35-25)22-10-12-31(43-5,13-11-22)30(42)33-21(3)24-8-9-27(32-17-24)41-18-20(2)37-39-41/h8-9,15-18,21-22H,6-7,10-14H2,1-5H3,(H,33,42)(H2,34,35,36,38)/t21-,22?,31?/m0/s1. The van der Waals surface area contributed by atoms with Crippen molar-refractivity contribution >= 4 is 23.2 Å². The molecule has 6 rings (SSSR count). The van der Waals surface area contributed by atoms with Crippen molar-refractivity contribution in [1.82, 2.24) is 40.5 Å². The first-order chi connectivity index (χ1) is 20.7. The molecule has 4 aromatic heterocycles. The fourth-order valence-corrected chi connectivity index (χ4v) is 6.37. The summed E-state index contributed by atoms with van der Waals surface area (Å²) in [5, 5.41) is 22.0. The summed E-state index contributed by atoms with van der Waals surface area (Å²) in [5.41, 5.74) is 5.48. The molecule has 0 radical (unpaired) electrons. The summed E-state index contributed by atoms with van der Waals surface area (Å²) in [6, 6.07) is 7.74.